The molecule has 0 amide bonds. The Hall–Kier alpha value is -1.10. The van der Waals surface area contributed by atoms with Crippen LogP contribution in [0.5, 0.6) is 0 Å². The van der Waals surface area contributed by atoms with Crippen LogP contribution in [-0.2, 0) is 4.79 Å². The molecule has 1 aromatic rings. The minimum absolute atomic E-state index is 0.0491. The molecule has 15 heavy (non-hydrogen) atoms. The minimum atomic E-state index is -0.696. The van der Waals surface area contributed by atoms with E-state index in [-0.39, 0.29) is 12.0 Å². The highest BCUT2D eigenvalue weighted by Crippen LogP contribution is 2.29. The molecule has 1 heterocycles. The zero-order valence-corrected chi connectivity index (χ0v) is 9.38. The van der Waals surface area contributed by atoms with Crippen LogP contribution >= 0.6 is 11.3 Å². The number of thiazole rings is 1. The number of carbonyl (C=O) groups is 1. The second kappa shape index (κ2) is 4.18. The Kier molecular flexibility index (Phi) is 2.90. The van der Waals surface area contributed by atoms with E-state index in [2.05, 4.69) is 10.3 Å². The number of hydrogen-bond acceptors (Lipinski definition) is 4. The molecular weight excluding hydrogens is 212 g/mol. The number of anilines is 1. The predicted molar refractivity (Wildman–Crippen MR) is 59.2 cm³/mol. The lowest BCUT2D eigenvalue weighted by atomic mass is 10.0. The van der Waals surface area contributed by atoms with E-state index in [1.165, 1.54) is 11.3 Å². The van der Waals surface area contributed by atoms with E-state index >= 15 is 0 Å². The first-order valence-corrected chi connectivity index (χ1v) is 5.96. The molecule has 0 bridgehead atoms. The van der Waals surface area contributed by atoms with Crippen molar-refractivity contribution < 1.29 is 9.90 Å². The second-order valence-corrected chi connectivity index (χ2v) is 4.78. The Morgan fingerprint density at radius 1 is 1.67 bits per heavy atom. The normalized spacial score (nSPS) is 25.4. The molecule has 2 atom stereocenters. The molecule has 1 saturated carbocycles. The van der Waals surface area contributed by atoms with Gasteiger partial charge in [-0.25, -0.2) is 4.98 Å². The third-order valence-corrected chi connectivity index (χ3v) is 3.65. The zero-order valence-electron chi connectivity index (χ0n) is 8.56. The Morgan fingerprint density at radius 2 is 2.47 bits per heavy atom. The summed E-state index contributed by atoms with van der Waals surface area (Å²) in [7, 11) is 0. The maximum absolute atomic E-state index is 11.0. The number of carboxylic acid groups (broad SMARTS) is 1. The lowest BCUT2D eigenvalue weighted by molar-refractivity contribution is -0.141. The van der Waals surface area contributed by atoms with Crippen LogP contribution in [0.3, 0.4) is 0 Å². The molecule has 1 aliphatic rings. The smallest absolute Gasteiger partial charge is 0.308 e. The first-order valence-electron chi connectivity index (χ1n) is 5.08. The SMILES string of the molecule is Cc1csc(N[C@@H]2CCC[C@@H]2C(=O)O)n1. The van der Waals surface area contributed by atoms with E-state index in [0.717, 1.165) is 30.1 Å². The molecule has 1 fully saturated rings. The van der Waals surface area contributed by atoms with Gasteiger partial charge in [0.05, 0.1) is 11.6 Å². The average Bonchev–Trinajstić information content (AvgIpc) is 2.75. The molecule has 82 valence electrons. The number of rotatable bonds is 3. The molecule has 0 radical (unpaired) electrons. The van der Waals surface area contributed by atoms with Crippen molar-refractivity contribution in [2.75, 3.05) is 5.32 Å². The summed E-state index contributed by atoms with van der Waals surface area (Å²) in [5.41, 5.74) is 0.979. The van der Waals surface area contributed by atoms with Crippen LogP contribution < -0.4 is 5.32 Å². The molecule has 2 rings (SSSR count). The van der Waals surface area contributed by atoms with Crippen molar-refractivity contribution in [3.63, 3.8) is 0 Å². The van der Waals surface area contributed by atoms with E-state index in [1.807, 2.05) is 12.3 Å². The summed E-state index contributed by atoms with van der Waals surface area (Å²) in [6.45, 7) is 1.94. The fourth-order valence-corrected chi connectivity index (χ4v) is 2.76. The van der Waals surface area contributed by atoms with Crippen molar-refractivity contribution in [2.24, 2.45) is 5.92 Å². The highest BCUT2D eigenvalue weighted by atomic mass is 32.1. The summed E-state index contributed by atoms with van der Waals surface area (Å²) in [4.78, 5) is 15.2. The Bertz CT molecular complexity index is 364. The number of hydrogen-bond donors (Lipinski definition) is 2. The van der Waals surface area contributed by atoms with Crippen LogP contribution in [0.25, 0.3) is 0 Å². The maximum atomic E-state index is 11.0. The molecule has 0 unspecified atom stereocenters. The summed E-state index contributed by atoms with van der Waals surface area (Å²) >= 11 is 1.53. The third kappa shape index (κ3) is 2.28. The van der Waals surface area contributed by atoms with Gasteiger partial charge in [-0.2, -0.15) is 0 Å². The van der Waals surface area contributed by atoms with E-state index in [9.17, 15) is 4.79 Å². The van der Waals surface area contributed by atoms with Gasteiger partial charge in [-0.15, -0.1) is 11.3 Å². The van der Waals surface area contributed by atoms with E-state index in [1.54, 1.807) is 0 Å². The summed E-state index contributed by atoms with van der Waals surface area (Å²) in [5.74, 6) is -0.951. The number of nitrogens with zero attached hydrogens (tertiary/aromatic N) is 1. The van der Waals surface area contributed by atoms with Crippen molar-refractivity contribution in [2.45, 2.75) is 32.2 Å². The fraction of sp³-hybridized carbons (Fsp3) is 0.600. The number of aromatic nitrogens is 1. The molecule has 0 aromatic carbocycles. The Morgan fingerprint density at radius 3 is 3.07 bits per heavy atom. The predicted octanol–water partition coefficient (Wildman–Crippen LogP) is 2.12. The quantitative estimate of drug-likeness (QED) is 0.828. The molecule has 1 aliphatic carbocycles. The summed E-state index contributed by atoms with van der Waals surface area (Å²) in [6.07, 6.45) is 2.69. The van der Waals surface area contributed by atoms with Gasteiger partial charge in [0, 0.05) is 11.4 Å². The van der Waals surface area contributed by atoms with Gasteiger partial charge in [0.2, 0.25) is 0 Å². The highest BCUT2D eigenvalue weighted by Gasteiger charge is 2.33. The Labute approximate surface area is 92.3 Å². The van der Waals surface area contributed by atoms with Gasteiger partial charge in [0.15, 0.2) is 5.13 Å². The standard InChI is InChI=1S/C10H14N2O2S/c1-6-5-15-10(11-6)12-8-4-2-3-7(8)9(13)14/h5,7-8H,2-4H2,1H3,(H,11,12)(H,13,14)/t7-,8+/m0/s1. The molecule has 5 heteroatoms. The van der Waals surface area contributed by atoms with Crippen LogP contribution in [0.15, 0.2) is 5.38 Å². The molecular formula is C10H14N2O2S. The highest BCUT2D eigenvalue weighted by molar-refractivity contribution is 7.13. The topological polar surface area (TPSA) is 62.2 Å². The molecule has 0 aliphatic heterocycles. The number of carboxylic acids is 1. The van der Waals surface area contributed by atoms with Crippen LogP contribution in [0.4, 0.5) is 5.13 Å². The van der Waals surface area contributed by atoms with Crippen molar-refractivity contribution in [1.82, 2.24) is 4.98 Å². The first kappa shape index (κ1) is 10.4. The molecule has 0 saturated heterocycles. The van der Waals surface area contributed by atoms with Gasteiger partial charge >= 0.3 is 5.97 Å². The van der Waals surface area contributed by atoms with Crippen molar-refractivity contribution in [3.8, 4) is 0 Å². The van der Waals surface area contributed by atoms with Gasteiger partial charge in [0.1, 0.15) is 0 Å². The van der Waals surface area contributed by atoms with Gasteiger partial charge in [-0.1, -0.05) is 6.42 Å². The minimum Gasteiger partial charge on any atom is -0.481 e. The third-order valence-electron chi connectivity index (χ3n) is 2.76. The molecule has 1 aromatic heterocycles. The van der Waals surface area contributed by atoms with Gasteiger partial charge in [-0.3, -0.25) is 4.79 Å². The Balaban J connectivity index is 2.02. The van der Waals surface area contributed by atoms with E-state index in [4.69, 9.17) is 5.11 Å². The van der Waals surface area contributed by atoms with Crippen molar-refractivity contribution >= 4 is 22.4 Å². The van der Waals surface area contributed by atoms with Crippen molar-refractivity contribution in [1.29, 1.82) is 0 Å². The first-order chi connectivity index (χ1) is 7.16. The van der Waals surface area contributed by atoms with Crippen LogP contribution in [0.1, 0.15) is 25.0 Å². The van der Waals surface area contributed by atoms with Gasteiger partial charge < -0.3 is 10.4 Å². The van der Waals surface area contributed by atoms with Gasteiger partial charge in [0.25, 0.3) is 0 Å². The average molecular weight is 226 g/mol. The number of aliphatic carboxylic acids is 1. The second-order valence-electron chi connectivity index (χ2n) is 3.92. The maximum Gasteiger partial charge on any atom is 0.308 e. The van der Waals surface area contributed by atoms with Crippen molar-refractivity contribution in [3.05, 3.63) is 11.1 Å². The largest absolute Gasteiger partial charge is 0.481 e. The molecule has 0 spiro atoms. The van der Waals surface area contributed by atoms with Crippen LogP contribution in [-0.4, -0.2) is 22.1 Å². The van der Waals surface area contributed by atoms with Crippen LogP contribution in [0, 0.1) is 12.8 Å². The van der Waals surface area contributed by atoms with Gasteiger partial charge in [-0.05, 0) is 19.8 Å². The zero-order chi connectivity index (χ0) is 10.8. The van der Waals surface area contributed by atoms with E-state index in [0.29, 0.717) is 0 Å². The molecule has 4 nitrogen and oxygen atoms in total. The number of nitrogens with one attached hydrogen (secondary N) is 1. The number of aryl methyl sites for hydroxylation is 1. The lowest BCUT2D eigenvalue weighted by Crippen LogP contribution is -2.29. The fourth-order valence-electron chi connectivity index (χ4n) is 2.01. The molecule has 2 N–H and O–H groups in total. The summed E-state index contributed by atoms with van der Waals surface area (Å²) in [5, 5.41) is 15.0. The summed E-state index contributed by atoms with van der Waals surface area (Å²) in [6, 6.07) is 0.0491. The monoisotopic (exact) mass is 226 g/mol. The van der Waals surface area contributed by atoms with E-state index < -0.39 is 5.97 Å². The van der Waals surface area contributed by atoms with Crippen LogP contribution in [0.2, 0.25) is 0 Å². The lowest BCUT2D eigenvalue weighted by Gasteiger charge is -2.16. The summed E-state index contributed by atoms with van der Waals surface area (Å²) < 4.78 is 0.